The average molecular weight is 284 g/mol. The first-order chi connectivity index (χ1) is 10.2. The Morgan fingerprint density at radius 3 is 2.52 bits per heavy atom. The van der Waals surface area contributed by atoms with Crippen LogP contribution in [0.1, 0.15) is 24.1 Å². The first-order valence-electron chi connectivity index (χ1n) is 7.37. The molecule has 0 amide bonds. The molecule has 0 aliphatic rings. The van der Waals surface area contributed by atoms with Crippen molar-refractivity contribution in [3.63, 3.8) is 0 Å². The maximum absolute atomic E-state index is 6.08. The van der Waals surface area contributed by atoms with Crippen molar-refractivity contribution in [1.29, 1.82) is 0 Å². The zero-order valence-corrected chi connectivity index (χ0v) is 13.0. The van der Waals surface area contributed by atoms with Gasteiger partial charge in [-0.25, -0.2) is 0 Å². The number of likely N-dealkylation sites (N-methyl/N-ethyl adjacent to an activating group) is 1. The molecule has 0 saturated heterocycles. The van der Waals surface area contributed by atoms with Crippen LogP contribution in [0, 0.1) is 6.92 Å². The largest absolute Gasteiger partial charge is 0.497 e. The molecule has 3 heteroatoms. The fraction of sp³-hybridized carbons (Fsp3) is 0.333. The van der Waals surface area contributed by atoms with Gasteiger partial charge in [0.2, 0.25) is 0 Å². The number of hydrogen-bond acceptors (Lipinski definition) is 3. The molecule has 2 aromatic rings. The van der Waals surface area contributed by atoms with Crippen LogP contribution < -0.4 is 15.4 Å². The number of methoxy groups -OCH3 is 1. The van der Waals surface area contributed by atoms with Crippen LogP contribution in [0.5, 0.6) is 5.75 Å². The molecule has 0 radical (unpaired) electrons. The summed E-state index contributed by atoms with van der Waals surface area (Å²) in [5.41, 5.74) is 9.76. The molecule has 0 heterocycles. The molecule has 0 fully saturated rings. The van der Waals surface area contributed by atoms with Crippen molar-refractivity contribution < 1.29 is 4.74 Å². The molecule has 2 aromatic carbocycles. The van der Waals surface area contributed by atoms with Crippen LogP contribution in [0.4, 0.5) is 5.69 Å². The van der Waals surface area contributed by atoms with Crippen LogP contribution in [0.15, 0.2) is 48.5 Å². The SMILES string of the molecule is CCN(c1ccccc1C)C(CN)c1cccc(OC)c1. The van der Waals surface area contributed by atoms with Gasteiger partial charge in [-0.05, 0) is 43.2 Å². The third-order valence-electron chi connectivity index (χ3n) is 3.84. The first-order valence-corrected chi connectivity index (χ1v) is 7.37. The fourth-order valence-electron chi connectivity index (χ4n) is 2.74. The molecule has 0 aliphatic carbocycles. The summed E-state index contributed by atoms with van der Waals surface area (Å²) in [6, 6.07) is 16.7. The van der Waals surface area contributed by atoms with Crippen LogP contribution in [-0.4, -0.2) is 20.2 Å². The van der Waals surface area contributed by atoms with Gasteiger partial charge in [0.1, 0.15) is 5.75 Å². The Bertz CT molecular complexity index is 583. The second-order valence-electron chi connectivity index (χ2n) is 5.10. The van der Waals surface area contributed by atoms with E-state index < -0.39 is 0 Å². The number of nitrogens with two attached hydrogens (primary N) is 1. The number of anilines is 1. The highest BCUT2D eigenvalue weighted by molar-refractivity contribution is 5.55. The number of aryl methyl sites for hydroxylation is 1. The Kier molecular flexibility index (Phi) is 5.23. The number of benzene rings is 2. The van der Waals surface area contributed by atoms with Gasteiger partial charge in [-0.2, -0.15) is 0 Å². The number of nitrogens with zero attached hydrogens (tertiary/aromatic N) is 1. The zero-order chi connectivity index (χ0) is 15.2. The summed E-state index contributed by atoms with van der Waals surface area (Å²) >= 11 is 0. The molecule has 21 heavy (non-hydrogen) atoms. The molecule has 0 aromatic heterocycles. The van der Waals surface area contributed by atoms with Crippen molar-refractivity contribution in [3.05, 3.63) is 59.7 Å². The Hall–Kier alpha value is -2.00. The lowest BCUT2D eigenvalue weighted by Crippen LogP contribution is -2.34. The third-order valence-corrected chi connectivity index (χ3v) is 3.84. The van der Waals surface area contributed by atoms with Gasteiger partial charge in [-0.15, -0.1) is 0 Å². The van der Waals surface area contributed by atoms with Gasteiger partial charge in [-0.1, -0.05) is 30.3 Å². The van der Waals surface area contributed by atoms with E-state index in [1.54, 1.807) is 7.11 Å². The molecule has 0 saturated carbocycles. The Morgan fingerprint density at radius 1 is 1.14 bits per heavy atom. The first kappa shape index (κ1) is 15.4. The van der Waals surface area contributed by atoms with Crippen molar-refractivity contribution in [2.45, 2.75) is 19.9 Å². The summed E-state index contributed by atoms with van der Waals surface area (Å²) in [6.45, 7) is 5.77. The van der Waals surface area contributed by atoms with Gasteiger partial charge in [0.25, 0.3) is 0 Å². The predicted octanol–water partition coefficient (Wildman–Crippen LogP) is 3.53. The van der Waals surface area contributed by atoms with E-state index in [9.17, 15) is 0 Å². The lowest BCUT2D eigenvalue weighted by atomic mass is 10.0. The molecule has 2 N–H and O–H groups in total. The van der Waals surface area contributed by atoms with E-state index in [2.05, 4.69) is 55.1 Å². The number of para-hydroxylation sites is 1. The van der Waals surface area contributed by atoms with Crippen molar-refractivity contribution in [2.75, 3.05) is 25.1 Å². The standard InChI is InChI=1S/C18H24N2O/c1-4-20(17-11-6-5-8-14(17)2)18(13-19)15-9-7-10-16(12-15)21-3/h5-12,18H,4,13,19H2,1-3H3. The number of ether oxygens (including phenoxy) is 1. The zero-order valence-electron chi connectivity index (χ0n) is 13.0. The van der Waals surface area contributed by atoms with E-state index in [0.717, 1.165) is 12.3 Å². The Balaban J connectivity index is 2.40. The summed E-state index contributed by atoms with van der Waals surface area (Å²) < 4.78 is 5.33. The molecule has 0 aliphatic heterocycles. The highest BCUT2D eigenvalue weighted by Crippen LogP contribution is 2.30. The van der Waals surface area contributed by atoms with Crippen molar-refractivity contribution in [3.8, 4) is 5.75 Å². The van der Waals surface area contributed by atoms with Gasteiger partial charge in [0, 0.05) is 18.8 Å². The summed E-state index contributed by atoms with van der Waals surface area (Å²) in [7, 11) is 1.69. The fourth-order valence-corrected chi connectivity index (χ4v) is 2.74. The molecule has 112 valence electrons. The molecule has 0 spiro atoms. The smallest absolute Gasteiger partial charge is 0.119 e. The molecule has 0 bridgehead atoms. The summed E-state index contributed by atoms with van der Waals surface area (Å²) in [5.74, 6) is 0.867. The average Bonchev–Trinajstić information content (AvgIpc) is 2.53. The van der Waals surface area contributed by atoms with Crippen molar-refractivity contribution in [1.82, 2.24) is 0 Å². The molecular formula is C18H24N2O. The minimum absolute atomic E-state index is 0.145. The van der Waals surface area contributed by atoms with Gasteiger partial charge in [0.15, 0.2) is 0 Å². The number of rotatable bonds is 6. The summed E-state index contributed by atoms with van der Waals surface area (Å²) in [6.07, 6.45) is 0. The normalized spacial score (nSPS) is 12.0. The maximum atomic E-state index is 6.08. The molecule has 2 rings (SSSR count). The second kappa shape index (κ2) is 7.14. The molecular weight excluding hydrogens is 260 g/mol. The van der Waals surface area contributed by atoms with E-state index in [-0.39, 0.29) is 6.04 Å². The van der Waals surface area contributed by atoms with E-state index in [4.69, 9.17) is 10.5 Å². The minimum atomic E-state index is 0.145. The van der Waals surface area contributed by atoms with Crippen LogP contribution >= 0.6 is 0 Å². The van der Waals surface area contributed by atoms with Crippen LogP contribution in [0.25, 0.3) is 0 Å². The van der Waals surface area contributed by atoms with Gasteiger partial charge in [-0.3, -0.25) is 0 Å². The third kappa shape index (κ3) is 3.37. The van der Waals surface area contributed by atoms with Crippen LogP contribution in [-0.2, 0) is 0 Å². The van der Waals surface area contributed by atoms with E-state index >= 15 is 0 Å². The lowest BCUT2D eigenvalue weighted by Gasteiger charge is -2.33. The predicted molar refractivity (Wildman–Crippen MR) is 89.0 cm³/mol. The van der Waals surface area contributed by atoms with E-state index in [1.807, 2.05) is 12.1 Å². The van der Waals surface area contributed by atoms with Gasteiger partial charge >= 0.3 is 0 Å². The summed E-state index contributed by atoms with van der Waals surface area (Å²) in [4.78, 5) is 2.35. The van der Waals surface area contributed by atoms with E-state index in [1.165, 1.54) is 16.8 Å². The van der Waals surface area contributed by atoms with Crippen molar-refractivity contribution >= 4 is 5.69 Å². The van der Waals surface area contributed by atoms with Gasteiger partial charge < -0.3 is 15.4 Å². The molecule has 1 atom stereocenters. The second-order valence-corrected chi connectivity index (χ2v) is 5.10. The van der Waals surface area contributed by atoms with Crippen LogP contribution in [0.2, 0.25) is 0 Å². The Labute approximate surface area is 127 Å². The quantitative estimate of drug-likeness (QED) is 0.882. The molecule has 3 nitrogen and oxygen atoms in total. The van der Waals surface area contributed by atoms with E-state index in [0.29, 0.717) is 6.54 Å². The highest BCUT2D eigenvalue weighted by Gasteiger charge is 2.19. The minimum Gasteiger partial charge on any atom is -0.497 e. The molecule has 1 unspecified atom stereocenters. The van der Waals surface area contributed by atoms with Crippen LogP contribution in [0.3, 0.4) is 0 Å². The maximum Gasteiger partial charge on any atom is 0.119 e. The Morgan fingerprint density at radius 2 is 1.90 bits per heavy atom. The topological polar surface area (TPSA) is 38.5 Å². The lowest BCUT2D eigenvalue weighted by molar-refractivity contribution is 0.413. The summed E-state index contributed by atoms with van der Waals surface area (Å²) in [5, 5.41) is 0. The van der Waals surface area contributed by atoms with Crippen molar-refractivity contribution in [2.24, 2.45) is 5.73 Å². The highest BCUT2D eigenvalue weighted by atomic mass is 16.5. The number of hydrogen-bond donors (Lipinski definition) is 1. The monoisotopic (exact) mass is 284 g/mol. The van der Waals surface area contributed by atoms with Gasteiger partial charge in [0.05, 0.1) is 13.2 Å².